The Hall–Kier alpha value is -3.15. The molecule has 2 amide bonds. The van der Waals surface area contributed by atoms with Gasteiger partial charge < -0.3 is 11.1 Å². The number of nitrogens with two attached hydrogens (primary N) is 1. The highest BCUT2D eigenvalue weighted by Gasteiger charge is 2.08. The number of nitrogens with zero attached hydrogens (tertiary/aromatic N) is 1. The van der Waals surface area contributed by atoms with Crippen LogP contribution in [0.3, 0.4) is 0 Å². The molecule has 3 aromatic rings. The Balaban J connectivity index is 1.75. The molecule has 0 aliphatic carbocycles. The molecule has 1 heterocycles. The second-order valence-electron chi connectivity index (χ2n) is 5.47. The summed E-state index contributed by atoms with van der Waals surface area (Å²) in [5.41, 5.74) is 8.90. The maximum Gasteiger partial charge on any atom is 0.248 e. The number of carbonyl (C=O) groups excluding carboxylic acids is 2. The largest absolute Gasteiger partial charge is 0.366 e. The van der Waals surface area contributed by atoms with Gasteiger partial charge in [-0.05, 0) is 48.4 Å². The fourth-order valence-electron chi connectivity index (χ4n) is 2.49. The predicted octanol–water partition coefficient (Wildman–Crippen LogP) is 2.15. The number of benzene rings is 2. The molecule has 23 heavy (non-hydrogen) atoms. The second-order valence-corrected chi connectivity index (χ2v) is 5.47. The van der Waals surface area contributed by atoms with E-state index in [9.17, 15) is 9.59 Å². The normalized spacial score (nSPS) is 10.7. The predicted molar refractivity (Wildman–Crippen MR) is 88.1 cm³/mol. The average molecular weight is 308 g/mol. The molecule has 0 unspecified atom stereocenters. The molecule has 0 saturated carbocycles. The van der Waals surface area contributed by atoms with Crippen molar-refractivity contribution in [3.05, 3.63) is 59.3 Å². The monoisotopic (exact) mass is 308 g/mol. The number of hydrogen-bond acceptors (Lipinski definition) is 3. The molecule has 1 aromatic heterocycles. The molecular weight excluding hydrogens is 292 g/mol. The van der Waals surface area contributed by atoms with E-state index in [0.29, 0.717) is 11.3 Å². The minimum Gasteiger partial charge on any atom is -0.366 e. The van der Waals surface area contributed by atoms with Crippen LogP contribution in [-0.2, 0) is 11.2 Å². The number of nitrogens with one attached hydrogen (secondary N) is 2. The molecule has 0 spiro atoms. The van der Waals surface area contributed by atoms with Crippen molar-refractivity contribution in [3.8, 4) is 0 Å². The highest BCUT2D eigenvalue weighted by atomic mass is 16.2. The third-order valence-corrected chi connectivity index (χ3v) is 3.51. The number of aromatic nitrogens is 2. The molecule has 6 nitrogen and oxygen atoms in total. The summed E-state index contributed by atoms with van der Waals surface area (Å²) in [6.45, 7) is 1.84. The zero-order valence-corrected chi connectivity index (χ0v) is 12.6. The third kappa shape index (κ3) is 3.37. The van der Waals surface area contributed by atoms with Gasteiger partial charge in [-0.2, -0.15) is 5.10 Å². The minimum absolute atomic E-state index is 0.158. The molecule has 0 radical (unpaired) electrons. The third-order valence-electron chi connectivity index (χ3n) is 3.51. The summed E-state index contributed by atoms with van der Waals surface area (Å²) in [4.78, 5) is 23.5. The van der Waals surface area contributed by atoms with Gasteiger partial charge in [-0.1, -0.05) is 6.07 Å². The number of rotatable bonds is 4. The number of hydrogen-bond donors (Lipinski definition) is 3. The lowest BCUT2D eigenvalue weighted by Crippen LogP contribution is -2.16. The van der Waals surface area contributed by atoms with Crippen LogP contribution in [0.2, 0.25) is 0 Å². The Morgan fingerprint density at radius 2 is 2.04 bits per heavy atom. The standard InChI is InChI=1S/C17H16N4O2/c1-10-4-12(17(18)23)8-14(5-10)20-16(22)7-11-2-3-15-13(6-11)9-19-21-15/h2-6,8-9H,7H2,1H3,(H2,18,23)(H,19,21)(H,20,22). The topological polar surface area (TPSA) is 101 Å². The van der Waals surface area contributed by atoms with Gasteiger partial charge in [-0.25, -0.2) is 0 Å². The van der Waals surface area contributed by atoms with Crippen LogP contribution in [-0.4, -0.2) is 22.0 Å². The van der Waals surface area contributed by atoms with Crippen LogP contribution in [0.5, 0.6) is 0 Å². The first-order valence-corrected chi connectivity index (χ1v) is 7.14. The average Bonchev–Trinajstić information content (AvgIpc) is 2.93. The summed E-state index contributed by atoms with van der Waals surface area (Å²) in [6.07, 6.45) is 1.96. The van der Waals surface area contributed by atoms with Crippen molar-refractivity contribution in [2.75, 3.05) is 5.32 Å². The Labute approximate surface area is 132 Å². The Morgan fingerprint density at radius 1 is 1.22 bits per heavy atom. The van der Waals surface area contributed by atoms with Crippen LogP contribution < -0.4 is 11.1 Å². The van der Waals surface area contributed by atoms with Gasteiger partial charge in [-0.15, -0.1) is 0 Å². The van der Waals surface area contributed by atoms with Crippen molar-refractivity contribution in [2.45, 2.75) is 13.3 Å². The van der Waals surface area contributed by atoms with E-state index < -0.39 is 5.91 Å². The Bertz CT molecular complexity index is 898. The lowest BCUT2D eigenvalue weighted by Gasteiger charge is -2.08. The number of fused-ring (bicyclic) bond motifs is 1. The van der Waals surface area contributed by atoms with Crippen LogP contribution in [0, 0.1) is 6.92 Å². The number of amides is 2. The van der Waals surface area contributed by atoms with Crippen molar-refractivity contribution in [1.29, 1.82) is 0 Å². The van der Waals surface area contributed by atoms with Crippen LogP contribution in [0.4, 0.5) is 5.69 Å². The van der Waals surface area contributed by atoms with Crippen molar-refractivity contribution >= 4 is 28.4 Å². The van der Waals surface area contributed by atoms with Crippen molar-refractivity contribution in [3.63, 3.8) is 0 Å². The Morgan fingerprint density at radius 3 is 2.83 bits per heavy atom. The van der Waals surface area contributed by atoms with Gasteiger partial charge >= 0.3 is 0 Å². The van der Waals surface area contributed by atoms with E-state index in [0.717, 1.165) is 22.0 Å². The van der Waals surface area contributed by atoms with E-state index in [4.69, 9.17) is 5.73 Å². The van der Waals surface area contributed by atoms with E-state index in [1.807, 2.05) is 25.1 Å². The molecule has 0 bridgehead atoms. The van der Waals surface area contributed by atoms with E-state index in [-0.39, 0.29) is 12.3 Å². The Kier molecular flexibility index (Phi) is 3.80. The zero-order chi connectivity index (χ0) is 16.4. The summed E-state index contributed by atoms with van der Waals surface area (Å²) < 4.78 is 0. The molecule has 3 rings (SSSR count). The smallest absolute Gasteiger partial charge is 0.248 e. The lowest BCUT2D eigenvalue weighted by molar-refractivity contribution is -0.115. The van der Waals surface area contributed by atoms with Crippen LogP contribution in [0.15, 0.2) is 42.6 Å². The summed E-state index contributed by atoms with van der Waals surface area (Å²) in [6, 6.07) is 10.7. The van der Waals surface area contributed by atoms with E-state index in [2.05, 4.69) is 15.5 Å². The molecule has 0 aliphatic heterocycles. The van der Waals surface area contributed by atoms with Gasteiger partial charge in [-0.3, -0.25) is 14.7 Å². The van der Waals surface area contributed by atoms with Crippen molar-refractivity contribution < 1.29 is 9.59 Å². The summed E-state index contributed by atoms with van der Waals surface area (Å²) in [5, 5.41) is 10.6. The maximum atomic E-state index is 12.2. The molecule has 6 heteroatoms. The highest BCUT2D eigenvalue weighted by Crippen LogP contribution is 2.16. The highest BCUT2D eigenvalue weighted by molar-refractivity contribution is 5.97. The molecular formula is C17H16N4O2. The minimum atomic E-state index is -0.519. The number of aromatic amines is 1. The van der Waals surface area contributed by atoms with E-state index in [1.54, 1.807) is 24.4 Å². The van der Waals surface area contributed by atoms with Gasteiger partial charge in [0.2, 0.25) is 11.8 Å². The molecule has 0 saturated heterocycles. The lowest BCUT2D eigenvalue weighted by atomic mass is 10.1. The first kappa shape index (κ1) is 14.8. The molecule has 0 fully saturated rings. The van der Waals surface area contributed by atoms with Gasteiger partial charge in [0.15, 0.2) is 0 Å². The maximum absolute atomic E-state index is 12.2. The van der Waals surface area contributed by atoms with E-state index >= 15 is 0 Å². The van der Waals surface area contributed by atoms with Crippen molar-refractivity contribution in [1.82, 2.24) is 10.2 Å². The van der Waals surface area contributed by atoms with Gasteiger partial charge in [0, 0.05) is 16.6 Å². The first-order chi connectivity index (χ1) is 11.0. The van der Waals surface area contributed by atoms with Crippen LogP contribution in [0.1, 0.15) is 21.5 Å². The van der Waals surface area contributed by atoms with Gasteiger partial charge in [0.05, 0.1) is 18.1 Å². The van der Waals surface area contributed by atoms with E-state index in [1.165, 1.54) is 0 Å². The SMILES string of the molecule is Cc1cc(NC(=O)Cc2ccc3[nH]ncc3c2)cc(C(N)=O)c1. The van der Waals surface area contributed by atoms with Crippen LogP contribution >= 0.6 is 0 Å². The quantitative estimate of drug-likeness (QED) is 0.688. The number of H-pyrrole nitrogens is 1. The van der Waals surface area contributed by atoms with Gasteiger partial charge in [0.1, 0.15) is 0 Å². The number of carbonyl (C=O) groups is 2. The fraction of sp³-hybridized carbons (Fsp3) is 0.118. The molecule has 2 aromatic carbocycles. The molecule has 4 N–H and O–H groups in total. The second kappa shape index (κ2) is 5.92. The number of primary amides is 1. The summed E-state index contributed by atoms with van der Waals surface area (Å²) >= 11 is 0. The molecule has 0 aliphatic rings. The van der Waals surface area contributed by atoms with Crippen molar-refractivity contribution in [2.24, 2.45) is 5.73 Å². The number of aryl methyl sites for hydroxylation is 1. The van der Waals surface area contributed by atoms with Gasteiger partial charge in [0.25, 0.3) is 0 Å². The van der Waals surface area contributed by atoms with Crippen LogP contribution in [0.25, 0.3) is 10.9 Å². The number of anilines is 1. The first-order valence-electron chi connectivity index (χ1n) is 7.14. The zero-order valence-electron chi connectivity index (χ0n) is 12.6. The molecule has 0 atom stereocenters. The fourth-order valence-corrected chi connectivity index (χ4v) is 2.49. The summed E-state index contributed by atoms with van der Waals surface area (Å²) in [7, 11) is 0. The summed E-state index contributed by atoms with van der Waals surface area (Å²) in [5.74, 6) is -0.677. The molecule has 116 valence electrons.